The molecular weight excluding hydrogens is 286 g/mol. The van der Waals surface area contributed by atoms with Crippen LogP contribution < -0.4 is 5.32 Å². The summed E-state index contributed by atoms with van der Waals surface area (Å²) >= 11 is 0. The summed E-state index contributed by atoms with van der Waals surface area (Å²) in [6.07, 6.45) is 1.55. The van der Waals surface area contributed by atoms with Crippen LogP contribution in [0.4, 0.5) is 5.69 Å². The largest absolute Gasteiger partial charge is 0.326 e. The number of anilines is 1. The van der Waals surface area contributed by atoms with E-state index in [1.54, 1.807) is 18.2 Å². The molecule has 0 aliphatic heterocycles. The van der Waals surface area contributed by atoms with Gasteiger partial charge in [0.15, 0.2) is 9.84 Å². The van der Waals surface area contributed by atoms with Gasteiger partial charge in [-0.25, -0.2) is 8.42 Å². The third kappa shape index (κ3) is 4.29. The Balaban J connectivity index is 2.20. The molecule has 0 bridgehead atoms. The number of hydrogen-bond acceptors (Lipinski definition) is 3. The lowest BCUT2D eigenvalue weighted by Crippen LogP contribution is -2.05. The smallest absolute Gasteiger partial charge is 0.221 e. The van der Waals surface area contributed by atoms with E-state index in [0.29, 0.717) is 5.69 Å². The SMILES string of the molecule is CC(=O)Nc1ccc(S(=O)(=O)/C=C/c2ccccc2)cc1. The van der Waals surface area contributed by atoms with Gasteiger partial charge in [0.2, 0.25) is 5.91 Å². The molecule has 1 amide bonds. The van der Waals surface area contributed by atoms with E-state index < -0.39 is 9.84 Å². The van der Waals surface area contributed by atoms with E-state index in [-0.39, 0.29) is 10.8 Å². The van der Waals surface area contributed by atoms with Crippen LogP contribution in [0.5, 0.6) is 0 Å². The highest BCUT2D eigenvalue weighted by Gasteiger charge is 2.10. The van der Waals surface area contributed by atoms with Crippen molar-refractivity contribution in [3.05, 3.63) is 65.6 Å². The Morgan fingerprint density at radius 2 is 1.62 bits per heavy atom. The zero-order chi connectivity index (χ0) is 15.3. The molecule has 4 nitrogen and oxygen atoms in total. The van der Waals surface area contributed by atoms with Gasteiger partial charge in [-0.3, -0.25) is 4.79 Å². The second-order valence-corrected chi connectivity index (χ2v) is 6.30. The third-order valence-electron chi connectivity index (χ3n) is 2.74. The Morgan fingerprint density at radius 1 is 1.00 bits per heavy atom. The zero-order valence-corrected chi connectivity index (χ0v) is 12.3. The van der Waals surface area contributed by atoms with Crippen molar-refractivity contribution in [2.24, 2.45) is 0 Å². The van der Waals surface area contributed by atoms with Crippen LogP contribution in [0.25, 0.3) is 6.08 Å². The molecule has 21 heavy (non-hydrogen) atoms. The van der Waals surface area contributed by atoms with Gasteiger partial charge in [-0.1, -0.05) is 30.3 Å². The van der Waals surface area contributed by atoms with E-state index in [1.807, 2.05) is 30.3 Å². The number of amides is 1. The minimum Gasteiger partial charge on any atom is -0.326 e. The molecule has 0 saturated carbocycles. The zero-order valence-electron chi connectivity index (χ0n) is 11.5. The lowest BCUT2D eigenvalue weighted by Gasteiger charge is -2.03. The van der Waals surface area contributed by atoms with Gasteiger partial charge in [0.1, 0.15) is 0 Å². The number of hydrogen-bond donors (Lipinski definition) is 1. The molecule has 1 N–H and O–H groups in total. The molecule has 2 rings (SSSR count). The van der Waals surface area contributed by atoms with Crippen molar-refractivity contribution >= 4 is 27.5 Å². The van der Waals surface area contributed by atoms with E-state index >= 15 is 0 Å². The van der Waals surface area contributed by atoms with Gasteiger partial charge in [-0.2, -0.15) is 0 Å². The molecule has 0 radical (unpaired) electrons. The molecule has 108 valence electrons. The van der Waals surface area contributed by atoms with Crippen molar-refractivity contribution < 1.29 is 13.2 Å². The summed E-state index contributed by atoms with van der Waals surface area (Å²) < 4.78 is 24.3. The van der Waals surface area contributed by atoms with Crippen LogP contribution in [0, 0.1) is 0 Å². The van der Waals surface area contributed by atoms with E-state index in [0.717, 1.165) is 5.56 Å². The molecule has 5 heteroatoms. The predicted octanol–water partition coefficient (Wildman–Crippen LogP) is 3.09. The first-order chi connectivity index (χ1) is 9.97. The van der Waals surface area contributed by atoms with Crippen LogP contribution >= 0.6 is 0 Å². The molecule has 0 aromatic heterocycles. The summed E-state index contributed by atoms with van der Waals surface area (Å²) in [5, 5.41) is 3.77. The van der Waals surface area contributed by atoms with Gasteiger partial charge >= 0.3 is 0 Å². The van der Waals surface area contributed by atoms with Crippen molar-refractivity contribution in [1.82, 2.24) is 0 Å². The molecule has 0 aliphatic carbocycles. The van der Waals surface area contributed by atoms with Crippen molar-refractivity contribution in [1.29, 1.82) is 0 Å². The minimum absolute atomic E-state index is 0.184. The molecule has 0 heterocycles. The Hall–Kier alpha value is -2.40. The lowest BCUT2D eigenvalue weighted by molar-refractivity contribution is -0.114. The fourth-order valence-corrected chi connectivity index (χ4v) is 2.75. The van der Waals surface area contributed by atoms with Gasteiger partial charge in [0, 0.05) is 18.0 Å². The summed E-state index contributed by atoms with van der Waals surface area (Å²) in [5.74, 6) is -0.199. The highest BCUT2D eigenvalue weighted by Crippen LogP contribution is 2.17. The number of nitrogens with one attached hydrogen (secondary N) is 1. The van der Waals surface area contributed by atoms with Crippen LogP contribution in [-0.2, 0) is 14.6 Å². The minimum atomic E-state index is -3.50. The number of sulfone groups is 1. The quantitative estimate of drug-likeness (QED) is 0.944. The van der Waals surface area contributed by atoms with E-state index in [9.17, 15) is 13.2 Å². The van der Waals surface area contributed by atoms with Crippen molar-refractivity contribution in [2.45, 2.75) is 11.8 Å². The Morgan fingerprint density at radius 3 is 2.19 bits per heavy atom. The summed E-state index contributed by atoms with van der Waals surface area (Å²) in [5.41, 5.74) is 1.38. The number of rotatable bonds is 4. The molecule has 2 aromatic carbocycles. The Bertz CT molecular complexity index is 748. The normalized spacial score (nSPS) is 11.5. The maximum absolute atomic E-state index is 12.2. The van der Waals surface area contributed by atoms with E-state index in [4.69, 9.17) is 0 Å². The topological polar surface area (TPSA) is 63.2 Å². The van der Waals surface area contributed by atoms with Crippen molar-refractivity contribution in [2.75, 3.05) is 5.32 Å². The van der Waals surface area contributed by atoms with Crippen LogP contribution in [0.1, 0.15) is 12.5 Å². The predicted molar refractivity (Wildman–Crippen MR) is 83.4 cm³/mol. The summed E-state index contributed by atoms with van der Waals surface area (Å²) in [7, 11) is -3.50. The van der Waals surface area contributed by atoms with Crippen LogP contribution in [0.3, 0.4) is 0 Å². The molecule has 0 unspecified atom stereocenters. The fraction of sp³-hybridized carbons (Fsp3) is 0.0625. The summed E-state index contributed by atoms with van der Waals surface area (Å²) in [4.78, 5) is 11.1. The number of carbonyl (C=O) groups excluding carboxylic acids is 1. The molecule has 0 fully saturated rings. The fourth-order valence-electron chi connectivity index (χ4n) is 1.74. The number of carbonyl (C=O) groups is 1. The lowest BCUT2D eigenvalue weighted by atomic mass is 10.2. The average molecular weight is 301 g/mol. The van der Waals surface area contributed by atoms with E-state index in [2.05, 4.69) is 5.32 Å². The maximum atomic E-state index is 12.2. The van der Waals surface area contributed by atoms with Crippen LogP contribution in [-0.4, -0.2) is 14.3 Å². The summed E-state index contributed by atoms with van der Waals surface area (Å²) in [6, 6.07) is 15.3. The van der Waals surface area contributed by atoms with Gasteiger partial charge in [0.25, 0.3) is 0 Å². The summed E-state index contributed by atoms with van der Waals surface area (Å²) in [6.45, 7) is 1.40. The maximum Gasteiger partial charge on any atom is 0.221 e. The molecule has 0 atom stereocenters. The van der Waals surface area contributed by atoms with Crippen LogP contribution in [0.15, 0.2) is 64.9 Å². The van der Waals surface area contributed by atoms with Gasteiger partial charge in [0.05, 0.1) is 4.90 Å². The third-order valence-corrected chi connectivity index (χ3v) is 4.17. The average Bonchev–Trinajstić information content (AvgIpc) is 2.46. The second kappa shape index (κ2) is 6.37. The first kappa shape index (κ1) is 15.0. The molecule has 0 aliphatic rings. The molecule has 2 aromatic rings. The first-order valence-electron chi connectivity index (χ1n) is 6.33. The van der Waals surface area contributed by atoms with Crippen LogP contribution in [0.2, 0.25) is 0 Å². The standard InChI is InChI=1S/C16H15NO3S/c1-13(18)17-15-7-9-16(10-8-15)21(19,20)12-11-14-5-3-2-4-6-14/h2-12H,1H3,(H,17,18)/b12-11+. The second-order valence-electron chi connectivity index (χ2n) is 4.46. The van der Waals surface area contributed by atoms with Gasteiger partial charge in [-0.05, 0) is 35.9 Å². The highest BCUT2D eigenvalue weighted by atomic mass is 32.2. The highest BCUT2D eigenvalue weighted by molar-refractivity contribution is 7.94. The van der Waals surface area contributed by atoms with E-state index in [1.165, 1.54) is 24.5 Å². The first-order valence-corrected chi connectivity index (χ1v) is 7.88. The molecule has 0 saturated heterocycles. The van der Waals surface area contributed by atoms with Gasteiger partial charge < -0.3 is 5.32 Å². The van der Waals surface area contributed by atoms with Crippen molar-refractivity contribution in [3.8, 4) is 0 Å². The Kier molecular flexibility index (Phi) is 4.55. The Labute approximate surface area is 124 Å². The molecule has 0 spiro atoms. The van der Waals surface area contributed by atoms with Crippen molar-refractivity contribution in [3.63, 3.8) is 0 Å². The number of benzene rings is 2. The monoisotopic (exact) mass is 301 g/mol. The molecular formula is C16H15NO3S. The van der Waals surface area contributed by atoms with Gasteiger partial charge in [-0.15, -0.1) is 0 Å².